The zero-order valence-corrected chi connectivity index (χ0v) is 20.1. The Balaban J connectivity index is 1.48. The van der Waals surface area contributed by atoms with Gasteiger partial charge >= 0.3 is 5.97 Å². The van der Waals surface area contributed by atoms with Crippen LogP contribution in [0.15, 0.2) is 39.9 Å². The first-order chi connectivity index (χ1) is 16.4. The lowest BCUT2D eigenvalue weighted by atomic mass is 9.97. The molecule has 1 aromatic carbocycles. The number of amides is 2. The summed E-state index contributed by atoms with van der Waals surface area (Å²) < 4.78 is 10.6. The highest BCUT2D eigenvalue weighted by Crippen LogP contribution is 2.31. The molecule has 0 aliphatic carbocycles. The highest BCUT2D eigenvalue weighted by molar-refractivity contribution is 7.99. The molecular weight excluding hydrogens is 456 g/mol. The van der Waals surface area contributed by atoms with Crippen molar-refractivity contribution in [2.75, 3.05) is 31.3 Å². The lowest BCUT2D eigenvalue weighted by molar-refractivity contribution is -0.148. The van der Waals surface area contributed by atoms with Gasteiger partial charge in [-0.05, 0) is 38.8 Å². The fourth-order valence-electron chi connectivity index (χ4n) is 3.90. The number of piperidine rings is 1. The average Bonchev–Trinajstić information content (AvgIpc) is 3.15. The lowest BCUT2D eigenvalue weighted by Crippen LogP contribution is -2.41. The molecule has 1 N–H and O–H groups in total. The second-order valence-corrected chi connectivity index (χ2v) is 9.05. The van der Waals surface area contributed by atoms with Gasteiger partial charge in [-0.25, -0.2) is 4.98 Å². The number of carbonyl (C=O) groups is 3. The van der Waals surface area contributed by atoms with Crippen LogP contribution in [0, 0.1) is 19.8 Å². The van der Waals surface area contributed by atoms with Gasteiger partial charge in [0.1, 0.15) is 11.6 Å². The van der Waals surface area contributed by atoms with Gasteiger partial charge in [0.15, 0.2) is 5.16 Å². The van der Waals surface area contributed by atoms with Gasteiger partial charge in [-0.1, -0.05) is 30.0 Å². The largest absolute Gasteiger partial charge is 0.469 e. The predicted molar refractivity (Wildman–Crippen MR) is 128 cm³/mol. The minimum atomic E-state index is -0.292. The van der Waals surface area contributed by atoms with Gasteiger partial charge in [0, 0.05) is 24.2 Å². The third-order valence-electron chi connectivity index (χ3n) is 5.98. The van der Waals surface area contributed by atoms with Gasteiger partial charge < -0.3 is 19.4 Å². The van der Waals surface area contributed by atoms with Crippen LogP contribution in [0.2, 0.25) is 0 Å². The van der Waals surface area contributed by atoms with Crippen LogP contribution < -0.4 is 5.32 Å². The number of benzene rings is 1. The van der Waals surface area contributed by atoms with Crippen LogP contribution in [0.1, 0.15) is 34.5 Å². The van der Waals surface area contributed by atoms with Crippen molar-refractivity contribution < 1.29 is 23.5 Å². The number of carbonyl (C=O) groups excluding carboxylic acids is 3. The molecule has 4 rings (SSSR count). The first-order valence-electron chi connectivity index (χ1n) is 11.0. The SMILES string of the molecule is COC(=O)C1CCN(C(=O)CSc2nc(NC(=O)c3ccccc3)c3c(C)c(C)oc3n2)CC1. The number of likely N-dealkylation sites (tertiary alicyclic amines) is 1. The maximum absolute atomic E-state index is 12.8. The Hall–Kier alpha value is -3.40. The number of thioether (sulfide) groups is 1. The van der Waals surface area contributed by atoms with E-state index >= 15 is 0 Å². The number of nitrogens with zero attached hydrogens (tertiary/aromatic N) is 3. The summed E-state index contributed by atoms with van der Waals surface area (Å²) in [4.78, 5) is 47.9. The summed E-state index contributed by atoms with van der Waals surface area (Å²) in [6.07, 6.45) is 1.18. The van der Waals surface area contributed by atoms with E-state index in [4.69, 9.17) is 9.15 Å². The summed E-state index contributed by atoms with van der Waals surface area (Å²) in [7, 11) is 1.38. The molecule has 1 aliphatic rings. The summed E-state index contributed by atoms with van der Waals surface area (Å²) in [6.45, 7) is 4.73. The van der Waals surface area contributed by atoms with Crippen LogP contribution in [0.5, 0.6) is 0 Å². The molecule has 1 fully saturated rings. The first kappa shape index (κ1) is 23.7. The van der Waals surface area contributed by atoms with E-state index in [0.29, 0.717) is 59.3 Å². The van der Waals surface area contributed by atoms with E-state index in [0.717, 1.165) is 5.56 Å². The third-order valence-corrected chi connectivity index (χ3v) is 6.82. The number of anilines is 1. The standard InChI is InChI=1S/C24H26N4O5S/c1-14-15(2)33-22-19(14)20(25-21(30)16-7-5-4-6-8-16)26-24(27-22)34-13-18(29)28-11-9-17(10-12-28)23(31)32-3/h4-8,17H,9-13H2,1-3H3,(H,25,26,27,30). The molecule has 0 unspecified atom stereocenters. The monoisotopic (exact) mass is 482 g/mol. The predicted octanol–water partition coefficient (Wildman–Crippen LogP) is 3.60. The lowest BCUT2D eigenvalue weighted by Gasteiger charge is -2.30. The molecule has 34 heavy (non-hydrogen) atoms. The molecular formula is C24H26N4O5S. The number of furan rings is 1. The van der Waals surface area contributed by atoms with E-state index in [1.807, 2.05) is 19.9 Å². The maximum atomic E-state index is 12.8. The van der Waals surface area contributed by atoms with Crippen molar-refractivity contribution in [1.29, 1.82) is 0 Å². The van der Waals surface area contributed by atoms with Gasteiger partial charge in [-0.2, -0.15) is 4.98 Å². The molecule has 0 saturated carbocycles. The molecule has 1 saturated heterocycles. The van der Waals surface area contributed by atoms with E-state index in [1.165, 1.54) is 18.9 Å². The second-order valence-electron chi connectivity index (χ2n) is 8.11. The molecule has 9 nitrogen and oxygen atoms in total. The molecule has 0 radical (unpaired) electrons. The quantitative estimate of drug-likeness (QED) is 0.322. The highest BCUT2D eigenvalue weighted by atomic mass is 32.2. The fraction of sp³-hybridized carbons (Fsp3) is 0.375. The van der Waals surface area contributed by atoms with E-state index in [9.17, 15) is 14.4 Å². The van der Waals surface area contributed by atoms with Crippen LogP contribution in [-0.2, 0) is 14.3 Å². The zero-order valence-electron chi connectivity index (χ0n) is 19.3. The molecule has 1 aliphatic heterocycles. The van der Waals surface area contributed by atoms with E-state index < -0.39 is 0 Å². The summed E-state index contributed by atoms with van der Waals surface area (Å²) in [6, 6.07) is 8.86. The van der Waals surface area contributed by atoms with Crippen LogP contribution >= 0.6 is 11.8 Å². The highest BCUT2D eigenvalue weighted by Gasteiger charge is 2.28. The number of hydrogen-bond acceptors (Lipinski definition) is 8. The second kappa shape index (κ2) is 10.3. The van der Waals surface area contributed by atoms with Gasteiger partial charge in [0.2, 0.25) is 11.6 Å². The van der Waals surface area contributed by atoms with Crippen molar-refractivity contribution in [3.05, 3.63) is 47.2 Å². The fourth-order valence-corrected chi connectivity index (χ4v) is 4.64. The molecule has 10 heteroatoms. The Labute approximate surface area is 201 Å². The minimum Gasteiger partial charge on any atom is -0.469 e. The van der Waals surface area contributed by atoms with Crippen molar-refractivity contribution in [2.45, 2.75) is 31.8 Å². The smallest absolute Gasteiger partial charge is 0.308 e. The topological polar surface area (TPSA) is 115 Å². The summed E-state index contributed by atoms with van der Waals surface area (Å²) >= 11 is 1.18. The Morgan fingerprint density at radius 3 is 2.53 bits per heavy atom. The van der Waals surface area contributed by atoms with Crippen molar-refractivity contribution >= 4 is 46.5 Å². The Bertz CT molecular complexity index is 1220. The molecule has 2 amide bonds. The van der Waals surface area contributed by atoms with Crippen LogP contribution in [0.25, 0.3) is 11.1 Å². The molecule has 3 heterocycles. The van der Waals surface area contributed by atoms with E-state index in [2.05, 4.69) is 15.3 Å². The number of esters is 1. The minimum absolute atomic E-state index is 0.0568. The molecule has 0 bridgehead atoms. The molecule has 0 spiro atoms. The summed E-state index contributed by atoms with van der Waals surface area (Å²) in [5.74, 6) is 0.441. The summed E-state index contributed by atoms with van der Waals surface area (Å²) in [5.41, 5.74) is 1.72. The van der Waals surface area contributed by atoms with Crippen LogP contribution in [0.3, 0.4) is 0 Å². The van der Waals surface area contributed by atoms with Crippen molar-refractivity contribution in [2.24, 2.45) is 5.92 Å². The maximum Gasteiger partial charge on any atom is 0.308 e. The molecule has 3 aromatic rings. The Morgan fingerprint density at radius 1 is 1.15 bits per heavy atom. The first-order valence-corrected chi connectivity index (χ1v) is 12.0. The number of aryl methyl sites for hydroxylation is 2. The molecule has 178 valence electrons. The van der Waals surface area contributed by atoms with E-state index in [1.54, 1.807) is 29.2 Å². The number of hydrogen-bond donors (Lipinski definition) is 1. The van der Waals surface area contributed by atoms with Gasteiger partial charge in [-0.3, -0.25) is 14.4 Å². The molecule has 2 aromatic heterocycles. The third kappa shape index (κ3) is 5.06. The van der Waals surface area contributed by atoms with E-state index in [-0.39, 0.29) is 29.5 Å². The number of methoxy groups -OCH3 is 1. The normalized spacial score (nSPS) is 14.3. The van der Waals surface area contributed by atoms with Crippen molar-refractivity contribution in [3.8, 4) is 0 Å². The number of rotatable bonds is 6. The average molecular weight is 483 g/mol. The Morgan fingerprint density at radius 2 is 1.85 bits per heavy atom. The zero-order chi connectivity index (χ0) is 24.2. The number of aromatic nitrogens is 2. The number of ether oxygens (including phenoxy) is 1. The van der Waals surface area contributed by atoms with Crippen molar-refractivity contribution in [3.63, 3.8) is 0 Å². The van der Waals surface area contributed by atoms with Crippen LogP contribution in [-0.4, -0.2) is 58.6 Å². The summed E-state index contributed by atoms with van der Waals surface area (Å²) in [5, 5.41) is 3.84. The van der Waals surface area contributed by atoms with Crippen LogP contribution in [0.4, 0.5) is 5.82 Å². The van der Waals surface area contributed by atoms with Gasteiger partial charge in [0.05, 0.1) is 24.2 Å². The molecule has 0 atom stereocenters. The number of fused-ring (bicyclic) bond motifs is 1. The number of nitrogens with one attached hydrogen (secondary N) is 1. The van der Waals surface area contributed by atoms with Gasteiger partial charge in [-0.15, -0.1) is 0 Å². The Kier molecular flexibility index (Phi) is 7.16. The van der Waals surface area contributed by atoms with Gasteiger partial charge in [0.25, 0.3) is 5.91 Å². The van der Waals surface area contributed by atoms with Crippen molar-refractivity contribution in [1.82, 2.24) is 14.9 Å².